The van der Waals surface area contributed by atoms with Gasteiger partial charge in [0.15, 0.2) is 0 Å². The Balaban J connectivity index is 1.14. The second-order valence-electron chi connectivity index (χ2n) is 14.1. The fourth-order valence-corrected chi connectivity index (χ4v) is 8.43. The van der Waals surface area contributed by atoms with Gasteiger partial charge in [-0.15, -0.1) is 0 Å². The van der Waals surface area contributed by atoms with Crippen molar-refractivity contribution in [1.29, 1.82) is 0 Å². The summed E-state index contributed by atoms with van der Waals surface area (Å²) >= 11 is 0. The second-order valence-corrected chi connectivity index (χ2v) is 14.1. The van der Waals surface area contributed by atoms with E-state index in [0.29, 0.717) is 0 Å². The molecule has 0 aliphatic carbocycles. The molecule has 1 nitrogen and oxygen atoms in total. The molecule has 11 aromatic rings. The van der Waals surface area contributed by atoms with E-state index in [1.54, 1.807) is 0 Å². The van der Waals surface area contributed by atoms with Crippen LogP contribution in [0.3, 0.4) is 0 Å². The molecular weight excluding hydrogens is 641 g/mol. The van der Waals surface area contributed by atoms with Crippen LogP contribution in [0.15, 0.2) is 199 Å². The van der Waals surface area contributed by atoms with Crippen LogP contribution in [-0.2, 0) is 0 Å². The molecule has 0 aliphatic heterocycles. The standard InChI is InChI=1S/C52H32O/c1-3-11-37-29-39(23-19-33(37)9-1)41-25-27-46-48(32-41)51(44-14-5-6-15-45(44)52(46)42-24-20-34-10-2-4-12-38(34)30-42)36-21-17-35(18-22-36)40-26-28-50-47(31-40)43-13-7-8-16-49(43)53-50/h1-32H. The van der Waals surface area contributed by atoms with Gasteiger partial charge in [-0.05, 0) is 124 Å². The smallest absolute Gasteiger partial charge is 0.135 e. The average Bonchev–Trinajstić information content (AvgIpc) is 3.60. The summed E-state index contributed by atoms with van der Waals surface area (Å²) in [4.78, 5) is 0. The lowest BCUT2D eigenvalue weighted by molar-refractivity contribution is 0.669. The predicted octanol–water partition coefficient (Wildman–Crippen LogP) is 14.9. The lowest BCUT2D eigenvalue weighted by atomic mass is 9.84. The van der Waals surface area contributed by atoms with Gasteiger partial charge in [-0.25, -0.2) is 0 Å². The Bertz CT molecular complexity index is 3220. The van der Waals surface area contributed by atoms with Crippen molar-refractivity contribution in [1.82, 2.24) is 0 Å². The van der Waals surface area contributed by atoms with Crippen LogP contribution in [0.25, 0.3) is 110 Å². The summed E-state index contributed by atoms with van der Waals surface area (Å²) in [5, 5.41) is 12.3. The molecule has 0 radical (unpaired) electrons. The molecule has 0 aliphatic rings. The molecule has 1 heterocycles. The van der Waals surface area contributed by atoms with Crippen LogP contribution in [0.4, 0.5) is 0 Å². The summed E-state index contributed by atoms with van der Waals surface area (Å²) in [6.45, 7) is 0. The third-order valence-corrected chi connectivity index (χ3v) is 11.0. The molecule has 0 bridgehead atoms. The maximum absolute atomic E-state index is 6.13. The molecule has 53 heavy (non-hydrogen) atoms. The number of para-hydroxylation sites is 1. The van der Waals surface area contributed by atoms with Gasteiger partial charge in [0, 0.05) is 10.8 Å². The zero-order valence-corrected chi connectivity index (χ0v) is 28.9. The topological polar surface area (TPSA) is 13.1 Å². The van der Waals surface area contributed by atoms with Gasteiger partial charge in [-0.2, -0.15) is 0 Å². The van der Waals surface area contributed by atoms with E-state index < -0.39 is 0 Å². The van der Waals surface area contributed by atoms with E-state index in [1.807, 2.05) is 12.1 Å². The third-order valence-electron chi connectivity index (χ3n) is 11.0. The third kappa shape index (κ3) is 4.86. The van der Waals surface area contributed by atoms with Gasteiger partial charge < -0.3 is 4.42 Å². The zero-order chi connectivity index (χ0) is 34.9. The van der Waals surface area contributed by atoms with Crippen molar-refractivity contribution in [3.63, 3.8) is 0 Å². The van der Waals surface area contributed by atoms with Crippen molar-refractivity contribution >= 4 is 65.0 Å². The average molecular weight is 673 g/mol. The van der Waals surface area contributed by atoms with Crippen molar-refractivity contribution in [2.24, 2.45) is 0 Å². The van der Waals surface area contributed by atoms with E-state index in [-0.39, 0.29) is 0 Å². The Morgan fingerprint density at radius 2 is 0.660 bits per heavy atom. The highest BCUT2D eigenvalue weighted by Gasteiger charge is 2.18. The van der Waals surface area contributed by atoms with Gasteiger partial charge >= 0.3 is 0 Å². The highest BCUT2D eigenvalue weighted by Crippen LogP contribution is 2.46. The van der Waals surface area contributed by atoms with Crippen LogP contribution in [0.1, 0.15) is 0 Å². The molecule has 0 N–H and O–H groups in total. The number of rotatable bonds is 4. The zero-order valence-electron chi connectivity index (χ0n) is 28.9. The number of fused-ring (bicyclic) bond motifs is 7. The predicted molar refractivity (Wildman–Crippen MR) is 225 cm³/mol. The van der Waals surface area contributed by atoms with Gasteiger partial charge in [0.05, 0.1) is 0 Å². The molecule has 246 valence electrons. The highest BCUT2D eigenvalue weighted by atomic mass is 16.3. The molecule has 0 fully saturated rings. The summed E-state index contributed by atoms with van der Waals surface area (Å²) < 4.78 is 6.13. The summed E-state index contributed by atoms with van der Waals surface area (Å²) in [5.41, 5.74) is 11.6. The molecule has 1 aromatic heterocycles. The normalized spacial score (nSPS) is 11.8. The van der Waals surface area contributed by atoms with Crippen LogP contribution < -0.4 is 0 Å². The van der Waals surface area contributed by atoms with Gasteiger partial charge in [-0.1, -0.05) is 158 Å². The summed E-state index contributed by atoms with van der Waals surface area (Å²) in [5.74, 6) is 0. The molecular formula is C52H32O. The molecule has 11 rings (SSSR count). The Labute approximate surface area is 307 Å². The number of benzene rings is 10. The molecule has 0 unspecified atom stereocenters. The van der Waals surface area contributed by atoms with Crippen molar-refractivity contribution in [3.8, 4) is 44.5 Å². The first-order valence-corrected chi connectivity index (χ1v) is 18.2. The molecule has 0 amide bonds. The Hall–Kier alpha value is -6.96. The van der Waals surface area contributed by atoms with Gasteiger partial charge in [-0.3, -0.25) is 0 Å². The minimum absolute atomic E-state index is 0.915. The van der Waals surface area contributed by atoms with Crippen LogP contribution in [0, 0.1) is 0 Å². The van der Waals surface area contributed by atoms with Gasteiger partial charge in [0.2, 0.25) is 0 Å². The highest BCUT2D eigenvalue weighted by molar-refractivity contribution is 6.22. The fraction of sp³-hybridized carbons (Fsp3) is 0. The largest absolute Gasteiger partial charge is 0.456 e. The van der Waals surface area contributed by atoms with Crippen molar-refractivity contribution in [2.45, 2.75) is 0 Å². The number of hydrogen-bond donors (Lipinski definition) is 0. The van der Waals surface area contributed by atoms with E-state index in [4.69, 9.17) is 4.42 Å². The van der Waals surface area contributed by atoms with Crippen molar-refractivity contribution < 1.29 is 4.42 Å². The Morgan fingerprint density at radius 3 is 1.40 bits per heavy atom. The first-order chi connectivity index (χ1) is 26.2. The molecule has 10 aromatic carbocycles. The molecule has 0 atom stereocenters. The molecule has 0 saturated carbocycles. The minimum atomic E-state index is 0.915. The van der Waals surface area contributed by atoms with Crippen LogP contribution in [0.2, 0.25) is 0 Å². The van der Waals surface area contributed by atoms with Gasteiger partial charge in [0.1, 0.15) is 11.2 Å². The van der Waals surface area contributed by atoms with Crippen molar-refractivity contribution in [3.05, 3.63) is 194 Å². The SMILES string of the molecule is c1ccc2cc(-c3ccc4c(-c5ccc6ccccc6c5)c5ccccc5c(-c5ccc(-c6ccc7oc8ccccc8c7c6)cc5)c4c3)ccc2c1. The lowest BCUT2D eigenvalue weighted by Gasteiger charge is -2.19. The minimum Gasteiger partial charge on any atom is -0.456 e. The first kappa shape index (κ1) is 29.7. The first-order valence-electron chi connectivity index (χ1n) is 18.2. The Kier molecular flexibility index (Phi) is 6.62. The quantitative estimate of drug-likeness (QED) is 0.170. The van der Waals surface area contributed by atoms with E-state index >= 15 is 0 Å². The van der Waals surface area contributed by atoms with E-state index in [0.717, 1.165) is 21.9 Å². The Morgan fingerprint density at radius 1 is 0.226 bits per heavy atom. The number of hydrogen-bond acceptors (Lipinski definition) is 1. The summed E-state index contributed by atoms with van der Waals surface area (Å²) in [6.07, 6.45) is 0. The second kappa shape index (κ2) is 11.8. The molecule has 0 saturated heterocycles. The van der Waals surface area contributed by atoms with Crippen LogP contribution in [-0.4, -0.2) is 0 Å². The summed E-state index contributed by atoms with van der Waals surface area (Å²) in [7, 11) is 0. The van der Waals surface area contributed by atoms with E-state index in [2.05, 4.69) is 182 Å². The summed E-state index contributed by atoms with van der Waals surface area (Å²) in [6, 6.07) is 70.8. The van der Waals surface area contributed by atoms with E-state index in [1.165, 1.54) is 87.6 Å². The lowest BCUT2D eigenvalue weighted by Crippen LogP contribution is -1.92. The monoisotopic (exact) mass is 672 g/mol. The van der Waals surface area contributed by atoms with Crippen molar-refractivity contribution in [2.75, 3.05) is 0 Å². The fourth-order valence-electron chi connectivity index (χ4n) is 8.43. The molecule has 1 heteroatoms. The van der Waals surface area contributed by atoms with Gasteiger partial charge in [0.25, 0.3) is 0 Å². The maximum atomic E-state index is 6.13. The maximum Gasteiger partial charge on any atom is 0.135 e. The van der Waals surface area contributed by atoms with E-state index in [9.17, 15) is 0 Å². The number of furan rings is 1. The van der Waals surface area contributed by atoms with Crippen LogP contribution in [0.5, 0.6) is 0 Å². The molecule has 0 spiro atoms. The van der Waals surface area contributed by atoms with Crippen LogP contribution >= 0.6 is 0 Å².